The van der Waals surface area contributed by atoms with Gasteiger partial charge in [-0.05, 0) is 45.9 Å². The zero-order chi connectivity index (χ0) is 22.1. The first kappa shape index (κ1) is 20.9. The zero-order valence-electron chi connectivity index (χ0n) is 18.1. The van der Waals surface area contributed by atoms with Crippen molar-refractivity contribution in [3.63, 3.8) is 0 Å². The average Bonchev–Trinajstić information content (AvgIpc) is 3.40. The maximum Gasteiger partial charge on any atom is 0.234 e. The molecule has 3 aromatic heterocycles. The summed E-state index contributed by atoms with van der Waals surface area (Å²) in [6.45, 7) is 7.77. The van der Waals surface area contributed by atoms with Crippen molar-refractivity contribution in [2.24, 2.45) is 7.05 Å². The van der Waals surface area contributed by atoms with Crippen LogP contribution in [0, 0.1) is 27.7 Å². The van der Waals surface area contributed by atoms with Crippen molar-refractivity contribution in [1.82, 2.24) is 24.5 Å². The number of carbonyl (C=O) groups excluding carboxylic acids is 1. The summed E-state index contributed by atoms with van der Waals surface area (Å²) in [5.41, 5.74) is 5.43. The van der Waals surface area contributed by atoms with E-state index in [1.807, 2.05) is 74.3 Å². The quantitative estimate of drug-likeness (QED) is 0.455. The van der Waals surface area contributed by atoms with E-state index in [9.17, 15) is 4.79 Å². The van der Waals surface area contributed by atoms with Gasteiger partial charge in [0.25, 0.3) is 0 Å². The molecular formula is C22H24N6O2S. The summed E-state index contributed by atoms with van der Waals surface area (Å²) in [7, 11) is 1.88. The van der Waals surface area contributed by atoms with Gasteiger partial charge in [0.15, 0.2) is 11.0 Å². The fourth-order valence-electron chi connectivity index (χ4n) is 3.36. The molecule has 0 atom stereocenters. The van der Waals surface area contributed by atoms with Crippen LogP contribution in [-0.4, -0.2) is 36.2 Å². The van der Waals surface area contributed by atoms with E-state index in [-0.39, 0.29) is 11.7 Å². The highest BCUT2D eigenvalue weighted by atomic mass is 32.2. The molecule has 3 heterocycles. The third-order valence-corrected chi connectivity index (χ3v) is 6.12. The molecule has 160 valence electrons. The molecule has 1 N–H and O–H groups in total. The number of nitrogens with zero attached hydrogens (tertiary/aromatic N) is 5. The molecule has 8 nitrogen and oxygen atoms in total. The van der Waals surface area contributed by atoms with E-state index in [1.165, 1.54) is 17.3 Å². The molecule has 0 spiro atoms. The van der Waals surface area contributed by atoms with Gasteiger partial charge in [0.1, 0.15) is 5.76 Å². The summed E-state index contributed by atoms with van der Waals surface area (Å²) in [4.78, 5) is 12.6. The van der Waals surface area contributed by atoms with Gasteiger partial charge in [-0.2, -0.15) is 5.10 Å². The minimum Gasteiger partial charge on any atom is -0.469 e. The number of hydrogen-bond acceptors (Lipinski definition) is 6. The molecule has 0 saturated heterocycles. The van der Waals surface area contributed by atoms with Crippen LogP contribution in [0.15, 0.2) is 46.2 Å². The first-order valence-corrected chi connectivity index (χ1v) is 10.8. The van der Waals surface area contributed by atoms with Crippen molar-refractivity contribution in [3.05, 3.63) is 59.3 Å². The van der Waals surface area contributed by atoms with E-state index < -0.39 is 0 Å². The largest absolute Gasteiger partial charge is 0.469 e. The molecule has 0 aliphatic rings. The Labute approximate surface area is 184 Å². The lowest BCUT2D eigenvalue weighted by Gasteiger charge is -2.07. The number of carbonyl (C=O) groups is 1. The van der Waals surface area contributed by atoms with E-state index in [0.29, 0.717) is 11.0 Å². The first-order chi connectivity index (χ1) is 14.8. The van der Waals surface area contributed by atoms with Gasteiger partial charge in [0.05, 0.1) is 40.3 Å². The third-order valence-electron chi connectivity index (χ3n) is 5.10. The predicted molar refractivity (Wildman–Crippen MR) is 121 cm³/mol. The van der Waals surface area contributed by atoms with Gasteiger partial charge in [-0.1, -0.05) is 29.5 Å². The molecule has 9 heteroatoms. The molecule has 0 aliphatic heterocycles. The molecule has 0 bridgehead atoms. The molecule has 1 aromatic carbocycles. The van der Waals surface area contributed by atoms with E-state index in [4.69, 9.17) is 4.42 Å². The molecule has 1 amide bonds. The van der Waals surface area contributed by atoms with Crippen LogP contribution < -0.4 is 5.32 Å². The van der Waals surface area contributed by atoms with Crippen LogP contribution in [0.4, 0.5) is 5.69 Å². The molecule has 0 unspecified atom stereocenters. The fourth-order valence-corrected chi connectivity index (χ4v) is 4.07. The van der Waals surface area contributed by atoms with Crippen molar-refractivity contribution in [2.75, 3.05) is 11.1 Å². The van der Waals surface area contributed by atoms with E-state index in [1.54, 1.807) is 6.26 Å². The van der Waals surface area contributed by atoms with Crippen LogP contribution in [-0.2, 0) is 11.8 Å². The smallest absolute Gasteiger partial charge is 0.234 e. The zero-order valence-corrected chi connectivity index (χ0v) is 18.9. The standard InChI is InChI=1S/C22H24N6O2S/c1-13-6-8-17(9-7-13)28-15(3)20(14(2)26-28)23-19(29)12-31-22-25-24-21(27(22)5)18-10-11-30-16(18)4/h6-11H,12H2,1-5H3,(H,23,29). The molecule has 31 heavy (non-hydrogen) atoms. The van der Waals surface area contributed by atoms with Crippen LogP contribution in [0.1, 0.15) is 22.7 Å². The second-order valence-electron chi connectivity index (χ2n) is 7.39. The molecule has 0 aliphatic carbocycles. The second-order valence-corrected chi connectivity index (χ2v) is 8.33. The van der Waals surface area contributed by atoms with Crippen molar-refractivity contribution >= 4 is 23.4 Å². The van der Waals surface area contributed by atoms with Gasteiger partial charge in [-0.25, -0.2) is 4.68 Å². The van der Waals surface area contributed by atoms with Gasteiger partial charge in [-0.3, -0.25) is 4.79 Å². The summed E-state index contributed by atoms with van der Waals surface area (Å²) >= 11 is 1.33. The molecule has 4 rings (SSSR count). The normalized spacial score (nSPS) is 11.1. The predicted octanol–water partition coefficient (Wildman–Crippen LogP) is 4.23. The van der Waals surface area contributed by atoms with Crippen molar-refractivity contribution in [3.8, 4) is 17.1 Å². The Bertz CT molecular complexity index is 1240. The highest BCUT2D eigenvalue weighted by molar-refractivity contribution is 7.99. The first-order valence-electron chi connectivity index (χ1n) is 9.85. The summed E-state index contributed by atoms with van der Waals surface area (Å²) in [6.07, 6.45) is 1.63. The Balaban J connectivity index is 1.45. The average molecular weight is 437 g/mol. The minimum absolute atomic E-state index is 0.122. The van der Waals surface area contributed by atoms with Crippen LogP contribution >= 0.6 is 11.8 Å². The van der Waals surface area contributed by atoms with Crippen LogP contribution in [0.3, 0.4) is 0 Å². The minimum atomic E-state index is -0.122. The highest BCUT2D eigenvalue weighted by Crippen LogP contribution is 2.27. The number of benzene rings is 1. The van der Waals surface area contributed by atoms with Crippen molar-refractivity contribution < 1.29 is 9.21 Å². The number of thioether (sulfide) groups is 1. The van der Waals surface area contributed by atoms with Crippen LogP contribution in [0.2, 0.25) is 0 Å². The monoisotopic (exact) mass is 436 g/mol. The molecule has 4 aromatic rings. The van der Waals surface area contributed by atoms with Gasteiger partial charge >= 0.3 is 0 Å². The maximum atomic E-state index is 12.6. The highest BCUT2D eigenvalue weighted by Gasteiger charge is 2.18. The Morgan fingerprint density at radius 1 is 1.10 bits per heavy atom. The van der Waals surface area contributed by atoms with Crippen LogP contribution in [0.25, 0.3) is 17.1 Å². The number of aryl methyl sites for hydroxylation is 3. The Hall–Kier alpha value is -3.33. The summed E-state index contributed by atoms with van der Waals surface area (Å²) < 4.78 is 9.06. The number of aromatic nitrogens is 5. The third kappa shape index (κ3) is 4.13. The van der Waals surface area contributed by atoms with E-state index in [0.717, 1.165) is 34.1 Å². The SMILES string of the molecule is Cc1ccc(-n2nc(C)c(NC(=O)CSc3nnc(-c4ccoc4C)n3C)c2C)cc1. The number of hydrogen-bond donors (Lipinski definition) is 1. The topological polar surface area (TPSA) is 90.8 Å². The Morgan fingerprint density at radius 2 is 1.84 bits per heavy atom. The van der Waals surface area contributed by atoms with E-state index in [2.05, 4.69) is 20.6 Å². The summed E-state index contributed by atoms with van der Waals surface area (Å²) in [6, 6.07) is 9.98. The lowest BCUT2D eigenvalue weighted by molar-refractivity contribution is -0.113. The van der Waals surface area contributed by atoms with Crippen molar-refractivity contribution in [1.29, 1.82) is 0 Å². The second kappa shape index (κ2) is 8.43. The van der Waals surface area contributed by atoms with Crippen LogP contribution in [0.5, 0.6) is 0 Å². The Kier molecular flexibility index (Phi) is 5.69. The lowest BCUT2D eigenvalue weighted by atomic mass is 10.2. The number of amides is 1. The number of anilines is 1. The van der Waals surface area contributed by atoms with Gasteiger partial charge in [0.2, 0.25) is 5.91 Å². The van der Waals surface area contributed by atoms with E-state index >= 15 is 0 Å². The fraction of sp³-hybridized carbons (Fsp3) is 0.273. The summed E-state index contributed by atoms with van der Waals surface area (Å²) in [5.74, 6) is 1.58. The maximum absolute atomic E-state index is 12.6. The summed E-state index contributed by atoms with van der Waals surface area (Å²) in [5, 5.41) is 16.7. The van der Waals surface area contributed by atoms with Gasteiger partial charge < -0.3 is 14.3 Å². The Morgan fingerprint density at radius 3 is 2.52 bits per heavy atom. The molecule has 0 fully saturated rings. The van der Waals surface area contributed by atoms with Gasteiger partial charge in [-0.15, -0.1) is 10.2 Å². The number of nitrogens with one attached hydrogen (secondary N) is 1. The number of rotatable bonds is 6. The molecule has 0 saturated carbocycles. The number of furan rings is 1. The van der Waals surface area contributed by atoms with Gasteiger partial charge in [0, 0.05) is 7.05 Å². The molecular weight excluding hydrogens is 412 g/mol. The van der Waals surface area contributed by atoms with Crippen molar-refractivity contribution in [2.45, 2.75) is 32.9 Å². The molecule has 0 radical (unpaired) electrons. The lowest BCUT2D eigenvalue weighted by Crippen LogP contribution is -2.15.